The van der Waals surface area contributed by atoms with E-state index in [2.05, 4.69) is 14.7 Å². The zero-order valence-electron chi connectivity index (χ0n) is 17.2. The van der Waals surface area contributed by atoms with Crippen molar-refractivity contribution in [3.05, 3.63) is 48.3 Å². The number of benzene rings is 1. The highest BCUT2D eigenvalue weighted by molar-refractivity contribution is 7.89. The predicted octanol–water partition coefficient (Wildman–Crippen LogP) is 4.25. The number of carboxylic acid groups (broad SMARTS) is 1. The number of nitrogens with one attached hydrogen (secondary N) is 2. The largest absolute Gasteiger partial charge is 0.490 e. The maximum atomic E-state index is 12.4. The Bertz CT molecular complexity index is 1180. The number of carboxylic acids is 1. The van der Waals surface area contributed by atoms with E-state index in [4.69, 9.17) is 9.90 Å². The van der Waals surface area contributed by atoms with E-state index in [1.807, 2.05) is 52.0 Å². The van der Waals surface area contributed by atoms with Crippen molar-refractivity contribution in [2.75, 3.05) is 0 Å². The van der Waals surface area contributed by atoms with Gasteiger partial charge in [0, 0.05) is 22.8 Å². The third kappa shape index (κ3) is 6.53. The van der Waals surface area contributed by atoms with E-state index in [0.717, 1.165) is 27.9 Å². The van der Waals surface area contributed by atoms with Gasteiger partial charge in [-0.1, -0.05) is 12.1 Å². The van der Waals surface area contributed by atoms with Gasteiger partial charge in [0.25, 0.3) is 0 Å². The monoisotopic (exact) mass is 457 g/mol. The van der Waals surface area contributed by atoms with Crippen molar-refractivity contribution in [1.82, 2.24) is 14.7 Å². The van der Waals surface area contributed by atoms with Gasteiger partial charge in [-0.15, -0.1) is 0 Å². The van der Waals surface area contributed by atoms with Gasteiger partial charge < -0.3 is 10.1 Å². The summed E-state index contributed by atoms with van der Waals surface area (Å²) in [5.74, 6) is -2.76. The Balaban J connectivity index is 0.000000423. The maximum Gasteiger partial charge on any atom is 0.490 e. The second kappa shape index (κ2) is 8.67. The number of aromatic amines is 1. The standard InChI is InChI=1S/C18H21N3O2S.C2HF3O2/c1-12-11-16-15(9-10-19-17(16)20-12)13-5-7-14(8-6-13)24(22,23)21-18(2,3)4;3-2(4,5)1(6)7/h5-11,21H,1-4H3,(H,19,20);(H,6,7). The number of aryl methyl sites for hydroxylation is 1. The number of hydrogen-bond acceptors (Lipinski definition) is 4. The number of alkyl halides is 3. The highest BCUT2D eigenvalue weighted by Gasteiger charge is 2.38. The van der Waals surface area contributed by atoms with Crippen LogP contribution in [-0.2, 0) is 14.8 Å². The van der Waals surface area contributed by atoms with Gasteiger partial charge in [-0.25, -0.2) is 22.9 Å². The first-order valence-corrected chi connectivity index (χ1v) is 10.5. The third-order valence-corrected chi connectivity index (χ3v) is 5.60. The summed E-state index contributed by atoms with van der Waals surface area (Å²) in [5.41, 5.74) is 3.33. The van der Waals surface area contributed by atoms with Crippen LogP contribution in [0.2, 0.25) is 0 Å². The number of pyridine rings is 1. The lowest BCUT2D eigenvalue weighted by molar-refractivity contribution is -0.192. The molecule has 1 aromatic carbocycles. The van der Waals surface area contributed by atoms with E-state index in [9.17, 15) is 21.6 Å². The van der Waals surface area contributed by atoms with Gasteiger partial charge in [0.15, 0.2) is 0 Å². The molecule has 0 radical (unpaired) electrons. The summed E-state index contributed by atoms with van der Waals surface area (Å²) in [6, 6.07) is 10.9. The van der Waals surface area contributed by atoms with Crippen LogP contribution in [0.15, 0.2) is 47.5 Å². The molecule has 3 rings (SSSR count). The number of nitrogens with zero attached hydrogens (tertiary/aromatic N) is 1. The van der Waals surface area contributed by atoms with Crippen molar-refractivity contribution in [3.8, 4) is 11.1 Å². The molecule has 0 spiro atoms. The van der Waals surface area contributed by atoms with Gasteiger partial charge in [-0.2, -0.15) is 13.2 Å². The molecule has 0 amide bonds. The van der Waals surface area contributed by atoms with Crippen molar-refractivity contribution in [2.45, 2.75) is 44.3 Å². The molecule has 2 heterocycles. The molecule has 2 aromatic heterocycles. The number of aliphatic carboxylic acids is 1. The first-order valence-electron chi connectivity index (χ1n) is 8.99. The van der Waals surface area contributed by atoms with Crippen LogP contribution < -0.4 is 4.72 Å². The SMILES string of the molecule is Cc1cc2c(-c3ccc(S(=O)(=O)NC(C)(C)C)cc3)ccnc2[nH]1.O=C(O)C(F)(F)F. The molecule has 0 atom stereocenters. The minimum atomic E-state index is -5.08. The second-order valence-electron chi connectivity index (χ2n) is 7.76. The van der Waals surface area contributed by atoms with Gasteiger partial charge in [-0.05, 0) is 63.1 Å². The van der Waals surface area contributed by atoms with Crippen molar-refractivity contribution < 1.29 is 31.5 Å². The van der Waals surface area contributed by atoms with Gasteiger partial charge in [0.2, 0.25) is 10.0 Å². The van der Waals surface area contributed by atoms with Crippen molar-refractivity contribution in [3.63, 3.8) is 0 Å². The molecule has 3 aromatic rings. The summed E-state index contributed by atoms with van der Waals surface area (Å²) in [6.45, 7) is 7.45. The van der Waals surface area contributed by atoms with Crippen LogP contribution >= 0.6 is 0 Å². The van der Waals surface area contributed by atoms with Crippen LogP contribution in [0.25, 0.3) is 22.2 Å². The van der Waals surface area contributed by atoms with Crippen molar-refractivity contribution in [1.29, 1.82) is 0 Å². The minimum absolute atomic E-state index is 0.261. The van der Waals surface area contributed by atoms with Crippen LogP contribution in [0, 0.1) is 6.92 Å². The lowest BCUT2D eigenvalue weighted by atomic mass is 10.0. The number of halogens is 3. The maximum absolute atomic E-state index is 12.4. The number of carbonyl (C=O) groups is 1. The first-order chi connectivity index (χ1) is 14.1. The molecule has 0 aliphatic rings. The second-order valence-corrected chi connectivity index (χ2v) is 9.44. The van der Waals surface area contributed by atoms with Crippen LogP contribution in [0.4, 0.5) is 13.2 Å². The molecular weight excluding hydrogens is 435 g/mol. The fourth-order valence-corrected chi connectivity index (χ4v) is 4.10. The zero-order valence-corrected chi connectivity index (χ0v) is 18.0. The van der Waals surface area contributed by atoms with Crippen LogP contribution in [-0.4, -0.2) is 41.2 Å². The van der Waals surface area contributed by atoms with Crippen molar-refractivity contribution >= 4 is 27.0 Å². The summed E-state index contributed by atoms with van der Waals surface area (Å²) in [6.07, 6.45) is -3.33. The van der Waals surface area contributed by atoms with Gasteiger partial charge >= 0.3 is 12.1 Å². The molecule has 11 heteroatoms. The average Bonchev–Trinajstić information content (AvgIpc) is 2.99. The number of aromatic nitrogens is 2. The van der Waals surface area contributed by atoms with E-state index in [0.29, 0.717) is 0 Å². The summed E-state index contributed by atoms with van der Waals surface area (Å²) in [5, 5.41) is 8.15. The predicted molar refractivity (Wildman–Crippen MR) is 110 cm³/mol. The molecule has 0 aliphatic heterocycles. The summed E-state index contributed by atoms with van der Waals surface area (Å²) >= 11 is 0. The molecule has 3 N–H and O–H groups in total. The summed E-state index contributed by atoms with van der Waals surface area (Å²) < 4.78 is 59.2. The molecule has 0 saturated heterocycles. The van der Waals surface area contributed by atoms with E-state index >= 15 is 0 Å². The molecular formula is C20H22F3N3O4S. The third-order valence-electron chi connectivity index (χ3n) is 3.83. The number of sulfonamides is 1. The lowest BCUT2D eigenvalue weighted by Crippen LogP contribution is -2.40. The molecule has 0 unspecified atom stereocenters. The minimum Gasteiger partial charge on any atom is -0.475 e. The van der Waals surface area contributed by atoms with Crippen LogP contribution in [0.5, 0.6) is 0 Å². The Hall–Kier alpha value is -2.92. The molecule has 168 valence electrons. The molecule has 0 fully saturated rings. The normalized spacial score (nSPS) is 12.4. The van der Waals surface area contributed by atoms with E-state index < -0.39 is 27.7 Å². The topological polar surface area (TPSA) is 112 Å². The van der Waals surface area contributed by atoms with Gasteiger partial charge in [0.1, 0.15) is 5.65 Å². The van der Waals surface area contributed by atoms with Crippen LogP contribution in [0.3, 0.4) is 0 Å². The van der Waals surface area contributed by atoms with Gasteiger partial charge in [0.05, 0.1) is 4.90 Å². The average molecular weight is 457 g/mol. The molecule has 7 nitrogen and oxygen atoms in total. The Labute approximate surface area is 177 Å². The smallest absolute Gasteiger partial charge is 0.475 e. The molecule has 0 bridgehead atoms. The Morgan fingerprint density at radius 1 is 1.10 bits per heavy atom. The highest BCUT2D eigenvalue weighted by atomic mass is 32.2. The zero-order chi connectivity index (χ0) is 23.6. The fourth-order valence-electron chi connectivity index (χ4n) is 2.69. The van der Waals surface area contributed by atoms with E-state index in [1.165, 1.54) is 0 Å². The fraction of sp³-hybridized carbons (Fsp3) is 0.300. The number of fused-ring (bicyclic) bond motifs is 1. The highest BCUT2D eigenvalue weighted by Crippen LogP contribution is 2.29. The number of hydrogen-bond donors (Lipinski definition) is 3. The Morgan fingerprint density at radius 3 is 2.13 bits per heavy atom. The van der Waals surface area contributed by atoms with E-state index in [1.54, 1.807) is 18.3 Å². The first kappa shape index (κ1) is 24.4. The van der Waals surface area contributed by atoms with E-state index in [-0.39, 0.29) is 4.90 Å². The number of rotatable bonds is 3. The summed E-state index contributed by atoms with van der Waals surface area (Å²) in [4.78, 5) is 16.7. The molecule has 31 heavy (non-hydrogen) atoms. The number of H-pyrrole nitrogens is 1. The van der Waals surface area contributed by atoms with Gasteiger partial charge in [-0.3, -0.25) is 0 Å². The molecule has 0 saturated carbocycles. The van der Waals surface area contributed by atoms with Crippen LogP contribution in [0.1, 0.15) is 26.5 Å². The van der Waals surface area contributed by atoms with Crippen molar-refractivity contribution in [2.24, 2.45) is 0 Å². The quantitative estimate of drug-likeness (QED) is 0.544. The molecule has 0 aliphatic carbocycles. The Kier molecular flexibility index (Phi) is 6.81. The summed E-state index contributed by atoms with van der Waals surface area (Å²) in [7, 11) is -3.52. The Morgan fingerprint density at radius 2 is 1.65 bits per heavy atom. The lowest BCUT2D eigenvalue weighted by Gasteiger charge is -2.20.